The molecule has 0 aromatic rings. The van der Waals surface area contributed by atoms with Crippen LogP contribution in [0.5, 0.6) is 0 Å². The van der Waals surface area contributed by atoms with E-state index in [0.29, 0.717) is 24.1 Å². The molecule has 0 aliphatic carbocycles. The van der Waals surface area contributed by atoms with E-state index in [1.165, 1.54) is 0 Å². The summed E-state index contributed by atoms with van der Waals surface area (Å²) in [6.45, 7) is 5.26. The molecule has 0 N–H and O–H groups in total. The number of amides is 1. The van der Waals surface area contributed by atoms with Crippen molar-refractivity contribution in [2.45, 2.75) is 32.7 Å². The van der Waals surface area contributed by atoms with Gasteiger partial charge in [-0.1, -0.05) is 6.92 Å². The summed E-state index contributed by atoms with van der Waals surface area (Å²) >= 11 is 4.06. The summed E-state index contributed by atoms with van der Waals surface area (Å²) < 4.78 is 0. The van der Waals surface area contributed by atoms with Crippen LogP contribution in [0.2, 0.25) is 0 Å². The SMILES string of the molecule is CC1CC(C)N(C(=O)CCS)C1. The molecule has 12 heavy (non-hydrogen) atoms. The molecule has 1 rings (SSSR count). The Kier molecular flexibility index (Phi) is 3.44. The summed E-state index contributed by atoms with van der Waals surface area (Å²) in [6.07, 6.45) is 1.73. The molecule has 1 fully saturated rings. The van der Waals surface area contributed by atoms with Crippen molar-refractivity contribution in [3.05, 3.63) is 0 Å². The Hall–Kier alpha value is -0.180. The molecule has 1 saturated heterocycles. The van der Waals surface area contributed by atoms with Gasteiger partial charge in [-0.15, -0.1) is 0 Å². The maximum Gasteiger partial charge on any atom is 0.223 e. The average Bonchev–Trinajstić information content (AvgIpc) is 2.30. The van der Waals surface area contributed by atoms with Gasteiger partial charge in [-0.05, 0) is 25.0 Å². The van der Waals surface area contributed by atoms with Gasteiger partial charge in [0.15, 0.2) is 0 Å². The molecular weight excluding hydrogens is 170 g/mol. The van der Waals surface area contributed by atoms with Gasteiger partial charge in [0.25, 0.3) is 0 Å². The van der Waals surface area contributed by atoms with Crippen LogP contribution >= 0.6 is 12.6 Å². The molecule has 2 atom stereocenters. The van der Waals surface area contributed by atoms with Crippen molar-refractivity contribution in [2.24, 2.45) is 5.92 Å². The van der Waals surface area contributed by atoms with Crippen LogP contribution in [0.25, 0.3) is 0 Å². The topological polar surface area (TPSA) is 20.3 Å². The van der Waals surface area contributed by atoms with Gasteiger partial charge in [0, 0.05) is 19.0 Å². The van der Waals surface area contributed by atoms with E-state index >= 15 is 0 Å². The van der Waals surface area contributed by atoms with E-state index in [9.17, 15) is 4.79 Å². The number of thiol groups is 1. The second-order valence-corrected chi connectivity index (χ2v) is 4.16. The van der Waals surface area contributed by atoms with Crippen molar-refractivity contribution in [3.8, 4) is 0 Å². The Morgan fingerprint density at radius 2 is 2.25 bits per heavy atom. The lowest BCUT2D eigenvalue weighted by atomic mass is 10.1. The summed E-state index contributed by atoms with van der Waals surface area (Å²) in [5.41, 5.74) is 0. The van der Waals surface area contributed by atoms with Crippen LogP contribution in [0, 0.1) is 5.92 Å². The zero-order valence-electron chi connectivity index (χ0n) is 7.79. The van der Waals surface area contributed by atoms with Gasteiger partial charge >= 0.3 is 0 Å². The maximum atomic E-state index is 11.5. The van der Waals surface area contributed by atoms with Crippen LogP contribution in [0.1, 0.15) is 26.7 Å². The Morgan fingerprint density at radius 3 is 2.67 bits per heavy atom. The zero-order chi connectivity index (χ0) is 9.14. The second-order valence-electron chi connectivity index (χ2n) is 3.71. The zero-order valence-corrected chi connectivity index (χ0v) is 8.68. The van der Waals surface area contributed by atoms with Crippen molar-refractivity contribution in [1.29, 1.82) is 0 Å². The van der Waals surface area contributed by atoms with Crippen LogP contribution in [0.3, 0.4) is 0 Å². The molecule has 0 spiro atoms. The quantitative estimate of drug-likeness (QED) is 0.651. The Morgan fingerprint density at radius 1 is 1.58 bits per heavy atom. The highest BCUT2D eigenvalue weighted by Crippen LogP contribution is 2.22. The Labute approximate surface area is 79.7 Å². The van der Waals surface area contributed by atoms with Crippen LogP contribution in [-0.2, 0) is 4.79 Å². The van der Waals surface area contributed by atoms with Crippen LogP contribution in [0.15, 0.2) is 0 Å². The first-order chi connectivity index (χ1) is 5.65. The number of carbonyl (C=O) groups is 1. The fraction of sp³-hybridized carbons (Fsp3) is 0.889. The Bertz CT molecular complexity index is 172. The molecule has 3 heteroatoms. The molecule has 1 amide bonds. The molecule has 70 valence electrons. The van der Waals surface area contributed by atoms with Gasteiger partial charge in [-0.2, -0.15) is 12.6 Å². The highest BCUT2D eigenvalue weighted by Gasteiger charge is 2.28. The molecule has 2 nitrogen and oxygen atoms in total. The highest BCUT2D eigenvalue weighted by atomic mass is 32.1. The molecule has 0 bridgehead atoms. The molecule has 1 aliphatic heterocycles. The van der Waals surface area contributed by atoms with Crippen LogP contribution in [-0.4, -0.2) is 29.1 Å². The average molecular weight is 187 g/mol. The van der Waals surface area contributed by atoms with E-state index in [2.05, 4.69) is 26.5 Å². The van der Waals surface area contributed by atoms with Crippen LogP contribution in [0.4, 0.5) is 0 Å². The van der Waals surface area contributed by atoms with E-state index in [4.69, 9.17) is 0 Å². The first kappa shape index (κ1) is 9.90. The third kappa shape index (κ3) is 2.16. The number of rotatable bonds is 2. The monoisotopic (exact) mass is 187 g/mol. The molecule has 2 unspecified atom stereocenters. The predicted octanol–water partition coefficient (Wildman–Crippen LogP) is 1.56. The van der Waals surface area contributed by atoms with Crippen molar-refractivity contribution < 1.29 is 4.79 Å². The summed E-state index contributed by atoms with van der Waals surface area (Å²) in [4.78, 5) is 13.5. The van der Waals surface area contributed by atoms with E-state index in [1.54, 1.807) is 0 Å². The number of hydrogen-bond acceptors (Lipinski definition) is 2. The lowest BCUT2D eigenvalue weighted by Gasteiger charge is -2.20. The highest BCUT2D eigenvalue weighted by molar-refractivity contribution is 7.80. The first-order valence-electron chi connectivity index (χ1n) is 4.55. The first-order valence-corrected chi connectivity index (χ1v) is 5.18. The van der Waals surface area contributed by atoms with Gasteiger partial charge in [0.05, 0.1) is 0 Å². The molecule has 0 radical (unpaired) electrons. The van der Waals surface area contributed by atoms with Crippen molar-refractivity contribution >= 4 is 18.5 Å². The summed E-state index contributed by atoms with van der Waals surface area (Å²) in [5, 5.41) is 0. The summed E-state index contributed by atoms with van der Waals surface area (Å²) in [6, 6.07) is 0.437. The van der Waals surface area contributed by atoms with E-state index in [0.717, 1.165) is 13.0 Å². The minimum atomic E-state index is 0.266. The third-order valence-electron chi connectivity index (χ3n) is 2.43. The lowest BCUT2D eigenvalue weighted by Crippen LogP contribution is -2.33. The van der Waals surface area contributed by atoms with Gasteiger partial charge in [0.2, 0.25) is 5.91 Å². The molecule has 0 aromatic carbocycles. The van der Waals surface area contributed by atoms with Crippen molar-refractivity contribution in [1.82, 2.24) is 4.90 Å². The minimum absolute atomic E-state index is 0.266. The molecule has 1 aliphatic rings. The lowest BCUT2D eigenvalue weighted by molar-refractivity contribution is -0.131. The molecular formula is C9H17NOS. The molecule has 0 saturated carbocycles. The minimum Gasteiger partial charge on any atom is -0.340 e. The summed E-state index contributed by atoms with van der Waals surface area (Å²) in [7, 11) is 0. The van der Waals surface area contributed by atoms with E-state index in [1.807, 2.05) is 4.90 Å². The standard InChI is InChI=1S/C9H17NOS/c1-7-5-8(2)10(6-7)9(11)3-4-12/h7-8,12H,3-6H2,1-2H3. The second kappa shape index (κ2) is 4.17. The van der Waals surface area contributed by atoms with Gasteiger partial charge < -0.3 is 4.90 Å². The van der Waals surface area contributed by atoms with Gasteiger partial charge in [0.1, 0.15) is 0 Å². The number of likely N-dealkylation sites (tertiary alicyclic amines) is 1. The third-order valence-corrected chi connectivity index (χ3v) is 2.65. The smallest absolute Gasteiger partial charge is 0.223 e. The summed E-state index contributed by atoms with van der Waals surface area (Å²) in [5.74, 6) is 1.60. The van der Waals surface area contributed by atoms with Crippen LogP contribution < -0.4 is 0 Å². The predicted molar refractivity (Wildman–Crippen MR) is 53.4 cm³/mol. The fourth-order valence-electron chi connectivity index (χ4n) is 1.89. The van der Waals surface area contributed by atoms with Crippen molar-refractivity contribution in [2.75, 3.05) is 12.3 Å². The van der Waals surface area contributed by atoms with Gasteiger partial charge in [-0.25, -0.2) is 0 Å². The largest absolute Gasteiger partial charge is 0.340 e. The number of carbonyl (C=O) groups excluding carboxylic acids is 1. The maximum absolute atomic E-state index is 11.5. The van der Waals surface area contributed by atoms with E-state index < -0.39 is 0 Å². The number of hydrogen-bond donors (Lipinski definition) is 1. The van der Waals surface area contributed by atoms with Crippen molar-refractivity contribution in [3.63, 3.8) is 0 Å². The molecule has 0 aromatic heterocycles. The van der Waals surface area contributed by atoms with E-state index in [-0.39, 0.29) is 5.91 Å². The number of nitrogens with zero attached hydrogens (tertiary/aromatic N) is 1. The fourth-order valence-corrected chi connectivity index (χ4v) is 2.08. The normalized spacial score (nSPS) is 29.4. The van der Waals surface area contributed by atoms with Gasteiger partial charge in [-0.3, -0.25) is 4.79 Å². The Balaban J connectivity index is 2.46. The molecule has 1 heterocycles.